The highest BCUT2D eigenvalue weighted by Gasteiger charge is 2.46. The highest BCUT2D eigenvalue weighted by molar-refractivity contribution is 8.04. The highest BCUT2D eigenvalue weighted by Crippen LogP contribution is 2.47. The molecule has 2 aliphatic heterocycles. The molecule has 1 atom stereocenters. The van der Waals surface area contributed by atoms with Crippen molar-refractivity contribution in [2.45, 2.75) is 77.1 Å². The van der Waals surface area contributed by atoms with Crippen LogP contribution in [0, 0.1) is 0 Å². The van der Waals surface area contributed by atoms with E-state index in [1.807, 2.05) is 36.4 Å². The van der Waals surface area contributed by atoms with Crippen LogP contribution in [0.3, 0.4) is 0 Å². The van der Waals surface area contributed by atoms with Crippen LogP contribution in [-0.2, 0) is 29.2 Å². The van der Waals surface area contributed by atoms with Crippen LogP contribution < -0.4 is 10.1 Å². The van der Waals surface area contributed by atoms with Gasteiger partial charge in [-0.15, -0.1) is 11.8 Å². The third kappa shape index (κ3) is 8.56. The molecule has 1 saturated heterocycles. The Bertz CT molecular complexity index is 1550. The maximum atomic E-state index is 12.8. The maximum absolute atomic E-state index is 12.8. The number of carbonyl (C=O) groups excluding carboxylic acids is 4. The molecule has 47 heavy (non-hydrogen) atoms. The molecule has 10 nitrogen and oxygen atoms in total. The highest BCUT2D eigenvalue weighted by atomic mass is 32.2. The minimum absolute atomic E-state index is 0.00927. The molecule has 0 aromatic heterocycles. The molecule has 2 aromatic carbocycles. The number of nitrogens with zero attached hydrogens (tertiary/aromatic N) is 1. The number of ketones is 2. The molecule has 11 heteroatoms. The molecule has 0 radical (unpaired) electrons. The van der Waals surface area contributed by atoms with Gasteiger partial charge in [0.05, 0.1) is 0 Å². The van der Waals surface area contributed by atoms with Crippen molar-refractivity contribution >= 4 is 41.2 Å². The van der Waals surface area contributed by atoms with Gasteiger partial charge in [-0.3, -0.25) is 19.3 Å². The smallest absolute Gasteiger partial charge is 0.408 e. The first-order valence-electron chi connectivity index (χ1n) is 16.0. The van der Waals surface area contributed by atoms with Crippen molar-refractivity contribution in [1.29, 1.82) is 0 Å². The number of esters is 1. The lowest BCUT2D eigenvalue weighted by Crippen LogP contribution is -2.51. The number of benzene rings is 2. The summed E-state index contributed by atoms with van der Waals surface area (Å²) >= 11 is 1.40. The van der Waals surface area contributed by atoms with Crippen molar-refractivity contribution in [2.75, 3.05) is 38.5 Å². The van der Waals surface area contributed by atoms with Gasteiger partial charge in [0.2, 0.25) is 11.6 Å². The topological polar surface area (TPSA) is 120 Å². The van der Waals surface area contributed by atoms with Gasteiger partial charge in [0.15, 0.2) is 0 Å². The number of nitrogens with one attached hydrogen (secondary N) is 1. The number of piperidine rings is 1. The molecule has 2 aromatic rings. The molecule has 1 N–H and O–H groups in total. The van der Waals surface area contributed by atoms with E-state index < -0.39 is 40.9 Å². The predicted octanol–water partition coefficient (Wildman–Crippen LogP) is 5.53. The normalized spacial score (nSPS) is 18.5. The average molecular weight is 665 g/mol. The van der Waals surface area contributed by atoms with E-state index in [2.05, 4.69) is 31.0 Å². The number of fused-ring (bicyclic) bond motifs is 2. The summed E-state index contributed by atoms with van der Waals surface area (Å²) in [6.07, 6.45) is 0.0793. The number of Topliss-reactive ketones (excluding diaryl/α,β-unsaturated/α-hetero) is 2. The van der Waals surface area contributed by atoms with Crippen molar-refractivity contribution in [3.63, 3.8) is 0 Å². The SMILES string of the molecule is CC(C)(C)OC(=O)NCC(=O)O[C@H](COc1ccc(C(C)(C)C)cc1)CN1CCC2(CC1)CSC1=C(O2)c2ccccc2C(=O)C1=O. The molecule has 252 valence electrons. The lowest BCUT2D eigenvalue weighted by molar-refractivity contribution is -0.151. The summed E-state index contributed by atoms with van der Waals surface area (Å²) < 4.78 is 23.7. The van der Waals surface area contributed by atoms with Crippen LogP contribution in [0.4, 0.5) is 4.79 Å². The second-order valence-corrected chi connectivity index (χ2v) is 15.3. The summed E-state index contributed by atoms with van der Waals surface area (Å²) in [4.78, 5) is 53.0. The first-order chi connectivity index (χ1) is 22.1. The summed E-state index contributed by atoms with van der Waals surface area (Å²) in [5, 5.41) is 2.46. The number of amides is 1. The van der Waals surface area contributed by atoms with Crippen LogP contribution in [0.2, 0.25) is 0 Å². The molecule has 0 bridgehead atoms. The van der Waals surface area contributed by atoms with Crippen LogP contribution in [0.15, 0.2) is 53.4 Å². The van der Waals surface area contributed by atoms with Crippen LogP contribution in [-0.4, -0.2) is 84.4 Å². The third-order valence-corrected chi connectivity index (χ3v) is 9.62. The molecule has 3 aliphatic rings. The average Bonchev–Trinajstić information content (AvgIpc) is 3.01. The Hall–Kier alpha value is -3.83. The lowest BCUT2D eigenvalue weighted by Gasteiger charge is -2.45. The van der Waals surface area contributed by atoms with Crippen LogP contribution in [0.5, 0.6) is 5.75 Å². The maximum Gasteiger partial charge on any atom is 0.408 e. The summed E-state index contributed by atoms with van der Waals surface area (Å²) in [5.41, 5.74) is 1.07. The Labute approximate surface area is 280 Å². The van der Waals surface area contributed by atoms with Crippen molar-refractivity contribution < 1.29 is 38.1 Å². The van der Waals surface area contributed by atoms with E-state index in [9.17, 15) is 19.2 Å². The second-order valence-electron chi connectivity index (χ2n) is 14.3. The van der Waals surface area contributed by atoms with Crippen molar-refractivity contribution in [3.05, 3.63) is 70.1 Å². The first kappa shape index (κ1) is 34.5. The molecule has 0 unspecified atom stereocenters. The first-order valence-corrected chi connectivity index (χ1v) is 17.0. The van der Waals surface area contributed by atoms with Crippen LogP contribution in [0.25, 0.3) is 5.76 Å². The van der Waals surface area contributed by atoms with Gasteiger partial charge in [-0.05, 0) is 43.9 Å². The van der Waals surface area contributed by atoms with Gasteiger partial charge < -0.3 is 24.3 Å². The van der Waals surface area contributed by atoms with E-state index in [1.165, 1.54) is 17.3 Å². The monoisotopic (exact) mass is 664 g/mol. The Morgan fingerprint density at radius 1 is 0.957 bits per heavy atom. The van der Waals surface area contributed by atoms with E-state index >= 15 is 0 Å². The molecule has 5 rings (SSSR count). The Balaban J connectivity index is 1.22. The largest absolute Gasteiger partial charge is 0.490 e. The Morgan fingerprint density at radius 2 is 1.62 bits per heavy atom. The molecular formula is C36H44N2O8S. The number of likely N-dealkylation sites (tertiary alicyclic amines) is 1. The quantitative estimate of drug-likeness (QED) is 0.285. The molecule has 1 amide bonds. The van der Waals surface area contributed by atoms with E-state index in [-0.39, 0.29) is 18.6 Å². The van der Waals surface area contributed by atoms with Crippen LogP contribution in [0.1, 0.15) is 75.9 Å². The van der Waals surface area contributed by atoms with Crippen LogP contribution >= 0.6 is 11.8 Å². The van der Waals surface area contributed by atoms with Gasteiger partial charge in [-0.1, -0.05) is 57.2 Å². The third-order valence-electron chi connectivity index (χ3n) is 8.29. The predicted molar refractivity (Wildman–Crippen MR) is 179 cm³/mol. The van der Waals surface area contributed by atoms with Gasteiger partial charge in [0, 0.05) is 49.4 Å². The summed E-state index contributed by atoms with van der Waals surface area (Å²) in [5.74, 6) is 0.155. The zero-order valence-electron chi connectivity index (χ0n) is 28.0. The Morgan fingerprint density at radius 3 is 2.26 bits per heavy atom. The van der Waals surface area contributed by atoms with Crippen molar-refractivity contribution in [2.24, 2.45) is 0 Å². The number of hydrogen-bond acceptors (Lipinski definition) is 10. The molecule has 0 saturated carbocycles. The number of thioether (sulfide) groups is 1. The molecule has 1 spiro atoms. The number of alkyl carbamates (subject to hydrolysis) is 1. The number of rotatable bonds is 8. The van der Waals surface area contributed by atoms with Gasteiger partial charge in [0.25, 0.3) is 0 Å². The lowest BCUT2D eigenvalue weighted by atomic mass is 9.87. The summed E-state index contributed by atoms with van der Waals surface area (Å²) in [6.45, 7) is 13.2. The number of allylic oxidation sites excluding steroid dienone is 1. The standard InChI is InChI=1S/C36H44N2O8S/c1-34(2,3)23-11-13-24(14-12-23)43-21-25(44-28(39)19-37-33(42)46-35(4,5)6)20-38-17-15-36(16-18-38)22-47-32-30(41)29(40)26-9-7-8-10-27(26)31(32)45-36/h7-14,25H,15-22H2,1-6H3,(H,37,42)/t25-/m0/s1. The second kappa shape index (κ2) is 13.7. The number of ether oxygens (including phenoxy) is 4. The fraction of sp³-hybridized carbons (Fsp3) is 0.500. The fourth-order valence-electron chi connectivity index (χ4n) is 5.74. The van der Waals surface area contributed by atoms with Crippen molar-refractivity contribution in [3.8, 4) is 5.75 Å². The molecule has 1 fully saturated rings. The minimum atomic E-state index is -0.696. The van der Waals surface area contributed by atoms with Crippen molar-refractivity contribution in [1.82, 2.24) is 10.2 Å². The van der Waals surface area contributed by atoms with Gasteiger partial charge in [-0.25, -0.2) is 4.79 Å². The molecular weight excluding hydrogens is 620 g/mol. The zero-order chi connectivity index (χ0) is 34.0. The number of hydrogen-bond donors (Lipinski definition) is 1. The van der Waals surface area contributed by atoms with Gasteiger partial charge in [-0.2, -0.15) is 0 Å². The number of carbonyl (C=O) groups is 4. The van der Waals surface area contributed by atoms with E-state index in [1.54, 1.807) is 32.9 Å². The van der Waals surface area contributed by atoms with Gasteiger partial charge in [0.1, 0.15) is 46.9 Å². The molecule has 1 aliphatic carbocycles. The summed E-state index contributed by atoms with van der Waals surface area (Å²) in [7, 11) is 0. The van der Waals surface area contributed by atoms with E-state index in [4.69, 9.17) is 18.9 Å². The van der Waals surface area contributed by atoms with E-state index in [0.717, 1.165) is 0 Å². The van der Waals surface area contributed by atoms with E-state index in [0.29, 0.717) is 65.8 Å². The molecule has 2 heterocycles. The summed E-state index contributed by atoms with van der Waals surface area (Å²) in [6, 6.07) is 15.0. The van der Waals surface area contributed by atoms with Gasteiger partial charge >= 0.3 is 12.1 Å². The Kier molecular flexibility index (Phi) is 10.1. The zero-order valence-corrected chi connectivity index (χ0v) is 28.8. The fourth-order valence-corrected chi connectivity index (χ4v) is 7.00. The minimum Gasteiger partial charge on any atom is -0.490 e.